The summed E-state index contributed by atoms with van der Waals surface area (Å²) in [5.74, 6) is -0.723. The first-order chi connectivity index (χ1) is 21.8. The molecule has 0 aliphatic carbocycles. The molecule has 0 bridgehead atoms. The number of amides is 2. The van der Waals surface area contributed by atoms with Crippen LogP contribution in [0.4, 0.5) is 5.69 Å². The van der Waals surface area contributed by atoms with Crippen LogP contribution in [0.5, 0.6) is 0 Å². The zero-order chi connectivity index (χ0) is 31.6. The Morgan fingerprint density at radius 3 is 2.11 bits per heavy atom. The van der Waals surface area contributed by atoms with Gasteiger partial charge in [0.1, 0.15) is 5.54 Å². The van der Waals surface area contributed by atoms with Gasteiger partial charge in [-0.05, 0) is 53.6 Å². The van der Waals surface area contributed by atoms with E-state index in [1.807, 2.05) is 111 Å². The maximum absolute atomic E-state index is 14.4. The number of hydrogen-bond donors (Lipinski definition) is 4. The van der Waals surface area contributed by atoms with Crippen molar-refractivity contribution in [1.82, 2.24) is 16.0 Å². The molecular formula is C38H44N4O3. The molecule has 45 heavy (non-hydrogen) atoms. The largest absolute Gasteiger partial charge is 0.390 e. The van der Waals surface area contributed by atoms with E-state index in [4.69, 9.17) is 0 Å². The molecule has 1 aliphatic heterocycles. The van der Waals surface area contributed by atoms with E-state index >= 15 is 0 Å². The van der Waals surface area contributed by atoms with Gasteiger partial charge in [-0.1, -0.05) is 103 Å². The van der Waals surface area contributed by atoms with E-state index in [0.717, 1.165) is 27.9 Å². The van der Waals surface area contributed by atoms with Crippen LogP contribution in [-0.2, 0) is 35.4 Å². The minimum atomic E-state index is -1.13. The normalized spacial score (nSPS) is 19.0. The number of nitrogens with one attached hydrogen (secondary N) is 3. The standard InChI is InChI=1S/C38H44N4O3/c1-42(2)33-20-12-19-31(22-33)26-39-27-35(43)34(23-29-15-8-4-9-16-29)40-37(45)38(24-30-17-10-5-11-18-30)25-32(36(44)41-38)21-28-13-6-3-7-14-28/h3-20,22,32,34-35,39,43H,21,23-27H2,1-2H3,(H,40,45)(H,41,44)/t32?,34?,35-,38-/m1/s1. The van der Waals surface area contributed by atoms with Gasteiger partial charge in [0.25, 0.3) is 0 Å². The number of benzene rings is 4. The Balaban J connectivity index is 1.34. The van der Waals surface area contributed by atoms with E-state index < -0.39 is 17.7 Å². The summed E-state index contributed by atoms with van der Waals surface area (Å²) >= 11 is 0. The highest BCUT2D eigenvalue weighted by Gasteiger charge is 2.50. The second kappa shape index (κ2) is 15.0. The van der Waals surface area contributed by atoms with Crippen molar-refractivity contribution in [3.8, 4) is 0 Å². The molecule has 4 atom stereocenters. The topological polar surface area (TPSA) is 93.7 Å². The van der Waals surface area contributed by atoms with Crippen LogP contribution in [0.3, 0.4) is 0 Å². The number of nitrogens with zero attached hydrogens (tertiary/aromatic N) is 1. The van der Waals surface area contributed by atoms with E-state index in [1.165, 1.54) is 0 Å². The SMILES string of the molecule is CN(C)c1cccc(CNC[C@@H](O)C(Cc2ccccc2)NC(=O)[C@@]2(Cc3ccccc3)CC(Cc3ccccc3)C(=O)N2)c1. The van der Waals surface area contributed by atoms with Gasteiger partial charge in [0.05, 0.1) is 12.1 Å². The fraction of sp³-hybridized carbons (Fsp3) is 0.316. The lowest BCUT2D eigenvalue weighted by Gasteiger charge is -2.33. The fourth-order valence-corrected chi connectivity index (χ4v) is 6.17. The summed E-state index contributed by atoms with van der Waals surface area (Å²) in [6.45, 7) is 0.874. The van der Waals surface area contributed by atoms with Crippen LogP contribution < -0.4 is 20.9 Å². The lowest BCUT2D eigenvalue weighted by Crippen LogP contribution is -2.60. The molecule has 4 aromatic carbocycles. The van der Waals surface area contributed by atoms with Crippen LogP contribution in [-0.4, -0.2) is 55.2 Å². The predicted octanol–water partition coefficient (Wildman–Crippen LogP) is 4.29. The van der Waals surface area contributed by atoms with Gasteiger partial charge in [-0.25, -0.2) is 0 Å². The quantitative estimate of drug-likeness (QED) is 0.172. The molecule has 0 spiro atoms. The van der Waals surface area contributed by atoms with E-state index in [-0.39, 0.29) is 17.7 Å². The number of aliphatic hydroxyl groups excluding tert-OH is 1. The molecule has 7 heteroatoms. The summed E-state index contributed by atoms with van der Waals surface area (Å²) in [6, 6.07) is 37.3. The molecule has 0 radical (unpaired) electrons. The summed E-state index contributed by atoms with van der Waals surface area (Å²) in [5, 5.41) is 21.2. The maximum Gasteiger partial charge on any atom is 0.246 e. The number of aliphatic hydroxyl groups is 1. The van der Waals surface area contributed by atoms with Gasteiger partial charge in [-0.2, -0.15) is 0 Å². The molecule has 1 fully saturated rings. The lowest BCUT2D eigenvalue weighted by atomic mass is 9.83. The average Bonchev–Trinajstić information content (AvgIpc) is 3.37. The molecule has 4 aromatic rings. The van der Waals surface area contributed by atoms with Gasteiger partial charge in [-0.3, -0.25) is 9.59 Å². The van der Waals surface area contributed by atoms with Gasteiger partial charge in [0, 0.05) is 45.2 Å². The third-order valence-corrected chi connectivity index (χ3v) is 8.63. The zero-order valence-corrected chi connectivity index (χ0v) is 26.2. The molecule has 5 rings (SSSR count). The first kappa shape index (κ1) is 31.9. The molecule has 2 unspecified atom stereocenters. The average molecular weight is 605 g/mol. The Kier molecular flexibility index (Phi) is 10.7. The fourth-order valence-electron chi connectivity index (χ4n) is 6.17. The van der Waals surface area contributed by atoms with Crippen molar-refractivity contribution in [2.75, 3.05) is 25.5 Å². The van der Waals surface area contributed by atoms with Crippen molar-refractivity contribution in [1.29, 1.82) is 0 Å². The van der Waals surface area contributed by atoms with Crippen molar-refractivity contribution in [2.24, 2.45) is 5.92 Å². The van der Waals surface area contributed by atoms with Gasteiger partial charge < -0.3 is 26.0 Å². The minimum absolute atomic E-state index is 0.119. The Morgan fingerprint density at radius 1 is 0.867 bits per heavy atom. The number of rotatable bonds is 14. The van der Waals surface area contributed by atoms with Gasteiger partial charge in [0.15, 0.2) is 0 Å². The van der Waals surface area contributed by atoms with Crippen molar-refractivity contribution in [3.63, 3.8) is 0 Å². The van der Waals surface area contributed by atoms with Crippen molar-refractivity contribution in [3.05, 3.63) is 138 Å². The van der Waals surface area contributed by atoms with Gasteiger partial charge in [0.2, 0.25) is 11.8 Å². The maximum atomic E-state index is 14.4. The summed E-state index contributed by atoms with van der Waals surface area (Å²) < 4.78 is 0. The molecule has 0 saturated carbocycles. The Labute approximate surface area is 266 Å². The molecule has 1 heterocycles. The Bertz CT molecular complexity index is 1530. The van der Waals surface area contributed by atoms with Gasteiger partial charge in [-0.15, -0.1) is 0 Å². The van der Waals surface area contributed by atoms with Crippen LogP contribution >= 0.6 is 0 Å². The number of anilines is 1. The van der Waals surface area contributed by atoms with Crippen molar-refractivity contribution >= 4 is 17.5 Å². The van der Waals surface area contributed by atoms with Crippen LogP contribution in [0.15, 0.2) is 115 Å². The first-order valence-corrected chi connectivity index (χ1v) is 15.7. The summed E-state index contributed by atoms with van der Waals surface area (Å²) in [4.78, 5) is 29.8. The predicted molar refractivity (Wildman–Crippen MR) is 180 cm³/mol. The monoisotopic (exact) mass is 604 g/mol. The minimum Gasteiger partial charge on any atom is -0.390 e. The third-order valence-electron chi connectivity index (χ3n) is 8.63. The van der Waals surface area contributed by atoms with Crippen LogP contribution in [0.2, 0.25) is 0 Å². The lowest BCUT2D eigenvalue weighted by molar-refractivity contribution is -0.131. The number of carbonyl (C=O) groups excluding carboxylic acids is 2. The highest BCUT2D eigenvalue weighted by molar-refractivity contribution is 5.96. The molecule has 7 nitrogen and oxygen atoms in total. The number of hydrogen-bond acceptors (Lipinski definition) is 5. The molecule has 0 aromatic heterocycles. The first-order valence-electron chi connectivity index (χ1n) is 15.7. The second-order valence-corrected chi connectivity index (χ2v) is 12.4. The van der Waals surface area contributed by atoms with E-state index in [0.29, 0.717) is 38.8 Å². The van der Waals surface area contributed by atoms with Gasteiger partial charge >= 0.3 is 0 Å². The Morgan fingerprint density at radius 2 is 1.47 bits per heavy atom. The summed E-state index contributed by atoms with van der Waals surface area (Å²) in [7, 11) is 4.02. The van der Waals surface area contributed by atoms with Crippen LogP contribution in [0.25, 0.3) is 0 Å². The molecule has 4 N–H and O–H groups in total. The summed E-state index contributed by atoms with van der Waals surface area (Å²) in [5.41, 5.74) is 4.12. The zero-order valence-electron chi connectivity index (χ0n) is 26.2. The van der Waals surface area contributed by atoms with Crippen LogP contribution in [0, 0.1) is 5.92 Å². The smallest absolute Gasteiger partial charge is 0.246 e. The van der Waals surface area contributed by atoms with Crippen molar-refractivity contribution < 1.29 is 14.7 Å². The van der Waals surface area contributed by atoms with Crippen molar-refractivity contribution in [2.45, 2.75) is 49.9 Å². The van der Waals surface area contributed by atoms with E-state index in [1.54, 1.807) is 0 Å². The second-order valence-electron chi connectivity index (χ2n) is 12.4. The molecule has 2 amide bonds. The summed E-state index contributed by atoms with van der Waals surface area (Å²) in [6.07, 6.45) is 0.888. The Hall–Kier alpha value is -4.46. The highest BCUT2D eigenvalue weighted by Crippen LogP contribution is 2.32. The molecule has 234 valence electrons. The number of carbonyl (C=O) groups is 2. The highest BCUT2D eigenvalue weighted by atomic mass is 16.3. The van der Waals surface area contributed by atoms with Crippen LogP contribution in [0.1, 0.15) is 28.7 Å². The van der Waals surface area contributed by atoms with E-state index in [9.17, 15) is 14.7 Å². The third kappa shape index (κ3) is 8.59. The molecule has 1 aliphatic rings. The van der Waals surface area contributed by atoms with E-state index in [2.05, 4.69) is 39.0 Å². The molecule has 1 saturated heterocycles. The molecular weight excluding hydrogens is 560 g/mol.